The number of rotatable bonds is 2. The molecule has 0 aromatic heterocycles. The smallest absolute Gasteiger partial charge is 0.317 e. The molecule has 1 aromatic rings. The van der Waals surface area contributed by atoms with Crippen LogP contribution in [0.5, 0.6) is 0 Å². The molecule has 2 saturated heterocycles. The summed E-state index contributed by atoms with van der Waals surface area (Å²) in [6.45, 7) is 5.81. The Morgan fingerprint density at radius 3 is 2.62 bits per heavy atom. The van der Waals surface area contributed by atoms with E-state index in [1.807, 2.05) is 30.9 Å². The molecule has 1 N–H and O–H groups in total. The summed E-state index contributed by atoms with van der Waals surface area (Å²) in [5.74, 6) is 0.0887. The first-order chi connectivity index (χ1) is 11.4. The van der Waals surface area contributed by atoms with Crippen LogP contribution >= 0.6 is 0 Å². The Bertz CT molecular complexity index is 692. The molecule has 2 aliphatic heterocycles. The second-order valence-electron chi connectivity index (χ2n) is 7.09. The Morgan fingerprint density at radius 2 is 2.00 bits per heavy atom. The Balaban J connectivity index is 1.70. The largest absolute Gasteiger partial charge is 0.336 e. The Hall–Kier alpha value is -2.55. The fourth-order valence-electron chi connectivity index (χ4n) is 3.57. The fourth-order valence-corrected chi connectivity index (χ4v) is 3.57. The van der Waals surface area contributed by atoms with Crippen molar-refractivity contribution >= 4 is 17.6 Å². The molecule has 24 heavy (non-hydrogen) atoms. The van der Waals surface area contributed by atoms with Crippen molar-refractivity contribution in [2.24, 2.45) is 5.41 Å². The van der Waals surface area contributed by atoms with Gasteiger partial charge < -0.3 is 15.1 Å². The number of amides is 3. The van der Waals surface area contributed by atoms with E-state index in [9.17, 15) is 9.59 Å². The molecule has 1 unspecified atom stereocenters. The van der Waals surface area contributed by atoms with Crippen LogP contribution in [0.2, 0.25) is 0 Å². The van der Waals surface area contributed by atoms with Gasteiger partial charge in [-0.15, -0.1) is 0 Å². The lowest BCUT2D eigenvalue weighted by Crippen LogP contribution is -2.43. The maximum atomic E-state index is 12.5. The quantitative estimate of drug-likeness (QED) is 0.904. The predicted octanol–water partition coefficient (Wildman–Crippen LogP) is 2.11. The minimum Gasteiger partial charge on any atom is -0.336 e. The Labute approximate surface area is 142 Å². The van der Waals surface area contributed by atoms with Crippen molar-refractivity contribution in [3.05, 3.63) is 29.8 Å². The second kappa shape index (κ2) is 6.16. The highest BCUT2D eigenvalue weighted by atomic mass is 16.2. The summed E-state index contributed by atoms with van der Waals surface area (Å²) < 4.78 is 0. The van der Waals surface area contributed by atoms with Gasteiger partial charge in [-0.3, -0.25) is 4.79 Å². The molecule has 2 aliphatic rings. The molecule has 0 aliphatic carbocycles. The van der Waals surface area contributed by atoms with Crippen LogP contribution in [0.25, 0.3) is 0 Å². The van der Waals surface area contributed by atoms with Gasteiger partial charge in [0.1, 0.15) is 0 Å². The van der Waals surface area contributed by atoms with Crippen molar-refractivity contribution in [3.8, 4) is 6.07 Å². The van der Waals surface area contributed by atoms with Crippen LogP contribution in [0.3, 0.4) is 0 Å². The summed E-state index contributed by atoms with van der Waals surface area (Å²) in [6.07, 6.45) is 1.31. The second-order valence-corrected chi connectivity index (χ2v) is 7.09. The first-order valence-corrected chi connectivity index (χ1v) is 8.28. The van der Waals surface area contributed by atoms with Crippen molar-refractivity contribution in [2.45, 2.75) is 32.7 Å². The molecule has 0 bridgehead atoms. The lowest BCUT2D eigenvalue weighted by Gasteiger charge is -2.25. The number of nitriles is 1. The van der Waals surface area contributed by atoms with Gasteiger partial charge in [0.05, 0.1) is 11.6 Å². The van der Waals surface area contributed by atoms with Gasteiger partial charge in [0.25, 0.3) is 0 Å². The van der Waals surface area contributed by atoms with Gasteiger partial charge in [-0.2, -0.15) is 5.26 Å². The topological polar surface area (TPSA) is 76.4 Å². The maximum absolute atomic E-state index is 12.5. The molecule has 3 rings (SSSR count). The number of hydrogen-bond acceptors (Lipinski definition) is 3. The van der Waals surface area contributed by atoms with Crippen molar-refractivity contribution < 1.29 is 9.59 Å². The van der Waals surface area contributed by atoms with Crippen molar-refractivity contribution in [1.29, 1.82) is 5.26 Å². The lowest BCUT2D eigenvalue weighted by molar-refractivity contribution is -0.117. The molecule has 1 spiro atoms. The molecule has 6 nitrogen and oxygen atoms in total. The van der Waals surface area contributed by atoms with E-state index < -0.39 is 0 Å². The van der Waals surface area contributed by atoms with Crippen LogP contribution in [0.15, 0.2) is 24.3 Å². The summed E-state index contributed by atoms with van der Waals surface area (Å²) in [6, 6.07) is 9.22. The van der Waals surface area contributed by atoms with E-state index >= 15 is 0 Å². The standard InChI is InChI=1S/C18H22N4O2/c1-13(2)20-17(24)21-8-7-18(11-21)9-16(23)22(12-18)15-5-3-14(10-19)4-6-15/h3-6,13H,7-9,11-12H2,1-2H3,(H,20,24). The lowest BCUT2D eigenvalue weighted by atomic mass is 9.86. The van der Waals surface area contributed by atoms with Crippen LogP contribution in [0, 0.1) is 16.7 Å². The van der Waals surface area contributed by atoms with Crippen molar-refractivity contribution in [3.63, 3.8) is 0 Å². The number of likely N-dealkylation sites (tertiary alicyclic amines) is 1. The zero-order chi connectivity index (χ0) is 17.3. The molecule has 1 aromatic carbocycles. The first-order valence-electron chi connectivity index (χ1n) is 8.28. The summed E-state index contributed by atoms with van der Waals surface area (Å²) in [5, 5.41) is 11.8. The average molecular weight is 326 g/mol. The minimum atomic E-state index is -0.153. The fraction of sp³-hybridized carbons (Fsp3) is 0.500. The SMILES string of the molecule is CC(C)NC(=O)N1CCC2(CC(=O)N(c3ccc(C#N)cc3)C2)C1. The molecular formula is C18H22N4O2. The third-order valence-electron chi connectivity index (χ3n) is 4.77. The zero-order valence-corrected chi connectivity index (χ0v) is 14.1. The van der Waals surface area contributed by atoms with Crippen molar-refractivity contribution in [1.82, 2.24) is 10.2 Å². The Morgan fingerprint density at radius 1 is 1.29 bits per heavy atom. The van der Waals surface area contributed by atoms with Crippen molar-refractivity contribution in [2.75, 3.05) is 24.5 Å². The van der Waals surface area contributed by atoms with Gasteiger partial charge in [0, 0.05) is 43.2 Å². The summed E-state index contributed by atoms with van der Waals surface area (Å²) in [7, 11) is 0. The highest BCUT2D eigenvalue weighted by Crippen LogP contribution is 2.41. The number of anilines is 1. The van der Waals surface area contributed by atoms with Crippen LogP contribution < -0.4 is 10.2 Å². The number of carbonyl (C=O) groups excluding carboxylic acids is 2. The van der Waals surface area contributed by atoms with Crippen LogP contribution in [-0.4, -0.2) is 42.5 Å². The Kier molecular flexibility index (Phi) is 4.18. The molecule has 3 amide bonds. The first kappa shape index (κ1) is 16.3. The van der Waals surface area contributed by atoms with E-state index in [4.69, 9.17) is 5.26 Å². The zero-order valence-electron chi connectivity index (χ0n) is 14.1. The number of hydrogen-bond donors (Lipinski definition) is 1. The molecule has 0 saturated carbocycles. The normalized spacial score (nSPS) is 23.2. The van der Waals surface area contributed by atoms with Gasteiger partial charge >= 0.3 is 6.03 Å². The van der Waals surface area contributed by atoms with Gasteiger partial charge in [-0.25, -0.2) is 4.79 Å². The number of nitrogens with zero attached hydrogens (tertiary/aromatic N) is 3. The van der Waals surface area contributed by atoms with Crippen LogP contribution in [-0.2, 0) is 4.79 Å². The monoisotopic (exact) mass is 326 g/mol. The number of nitrogens with one attached hydrogen (secondary N) is 1. The van der Waals surface area contributed by atoms with E-state index in [1.165, 1.54) is 0 Å². The number of carbonyl (C=O) groups is 2. The average Bonchev–Trinajstić information content (AvgIpc) is 3.10. The maximum Gasteiger partial charge on any atom is 0.317 e. The molecule has 2 heterocycles. The summed E-state index contributed by atoms with van der Waals surface area (Å²) in [4.78, 5) is 28.3. The van der Waals surface area contributed by atoms with Gasteiger partial charge in [-0.1, -0.05) is 0 Å². The van der Waals surface area contributed by atoms with Gasteiger partial charge in [-0.05, 0) is 44.5 Å². The summed E-state index contributed by atoms with van der Waals surface area (Å²) >= 11 is 0. The number of benzene rings is 1. The highest BCUT2D eigenvalue weighted by Gasteiger charge is 2.48. The third-order valence-corrected chi connectivity index (χ3v) is 4.77. The third kappa shape index (κ3) is 3.07. The van der Waals surface area contributed by atoms with E-state index in [0.717, 1.165) is 12.1 Å². The molecule has 126 valence electrons. The van der Waals surface area contributed by atoms with Gasteiger partial charge in [0.15, 0.2) is 0 Å². The van der Waals surface area contributed by atoms with Crippen LogP contribution in [0.1, 0.15) is 32.3 Å². The highest BCUT2D eigenvalue weighted by molar-refractivity contribution is 5.96. The van der Waals surface area contributed by atoms with E-state index in [2.05, 4.69) is 11.4 Å². The molecule has 0 radical (unpaired) electrons. The van der Waals surface area contributed by atoms with E-state index in [1.54, 1.807) is 17.0 Å². The molecule has 1 atom stereocenters. The molecular weight excluding hydrogens is 304 g/mol. The van der Waals surface area contributed by atoms with E-state index in [-0.39, 0.29) is 23.4 Å². The minimum absolute atomic E-state index is 0.0499. The van der Waals surface area contributed by atoms with E-state index in [0.29, 0.717) is 31.6 Å². The number of urea groups is 1. The summed E-state index contributed by atoms with van der Waals surface area (Å²) in [5.41, 5.74) is 1.25. The molecule has 6 heteroatoms. The van der Waals surface area contributed by atoms with Crippen LogP contribution in [0.4, 0.5) is 10.5 Å². The van der Waals surface area contributed by atoms with Gasteiger partial charge in [0.2, 0.25) is 5.91 Å². The molecule has 2 fully saturated rings. The predicted molar refractivity (Wildman–Crippen MR) is 90.4 cm³/mol.